The Hall–Kier alpha value is -2.99. The van der Waals surface area contributed by atoms with Crippen molar-refractivity contribution in [3.8, 4) is 11.5 Å². The molecule has 0 radical (unpaired) electrons. The number of fused-ring (bicyclic) bond motifs is 2. The second-order valence-corrected chi connectivity index (χ2v) is 7.92. The molecule has 4 rings (SSSR count). The van der Waals surface area contributed by atoms with E-state index >= 15 is 0 Å². The van der Waals surface area contributed by atoms with Crippen LogP contribution < -0.4 is 14.8 Å². The smallest absolute Gasteiger partial charge is 0.220 e. The number of hydrogen-bond acceptors (Lipinski definition) is 4. The number of ether oxygens (including phenoxy) is 3. The van der Waals surface area contributed by atoms with E-state index in [0.29, 0.717) is 25.2 Å². The fourth-order valence-corrected chi connectivity index (χ4v) is 4.49. The first-order valence-electron chi connectivity index (χ1n) is 10.7. The largest absolute Gasteiger partial charge is 0.493 e. The molecule has 6 nitrogen and oxygen atoms in total. The van der Waals surface area contributed by atoms with Gasteiger partial charge in [-0.15, -0.1) is 0 Å². The molecule has 0 fully saturated rings. The number of nitrogens with one attached hydrogen (secondary N) is 1. The minimum Gasteiger partial charge on any atom is -0.493 e. The standard InChI is InChI=1S/C25H30N2O4/c1-29-13-12-27-16-18(19-6-4-5-7-22(19)27)9-11-25(28)26-21-10-8-17-14-23(30-2)24(31-3)15-20(17)21/h4-7,14-16,21H,8-13H2,1-3H3,(H,26,28)/t21-/m0/s1. The van der Waals surface area contributed by atoms with Gasteiger partial charge in [-0.2, -0.15) is 0 Å². The van der Waals surface area contributed by atoms with Crippen molar-refractivity contribution >= 4 is 16.8 Å². The summed E-state index contributed by atoms with van der Waals surface area (Å²) in [7, 11) is 4.99. The van der Waals surface area contributed by atoms with Crippen LogP contribution in [0.1, 0.15) is 35.6 Å². The van der Waals surface area contributed by atoms with Gasteiger partial charge in [0.15, 0.2) is 11.5 Å². The number of amides is 1. The maximum absolute atomic E-state index is 12.8. The number of carbonyl (C=O) groups is 1. The Kier molecular flexibility index (Phi) is 6.47. The molecule has 3 aromatic rings. The van der Waals surface area contributed by atoms with Crippen molar-refractivity contribution in [3.63, 3.8) is 0 Å². The van der Waals surface area contributed by atoms with Gasteiger partial charge in [-0.1, -0.05) is 18.2 Å². The van der Waals surface area contributed by atoms with Gasteiger partial charge < -0.3 is 24.1 Å². The maximum Gasteiger partial charge on any atom is 0.220 e. The normalized spacial score (nSPS) is 15.1. The highest BCUT2D eigenvalue weighted by Crippen LogP contribution is 2.39. The average Bonchev–Trinajstić information content (AvgIpc) is 3.36. The Bertz CT molecular complexity index is 1070. The first kappa shape index (κ1) is 21.2. The summed E-state index contributed by atoms with van der Waals surface area (Å²) in [6.07, 6.45) is 5.13. The van der Waals surface area contributed by atoms with Gasteiger partial charge in [-0.05, 0) is 54.2 Å². The van der Waals surface area contributed by atoms with Gasteiger partial charge >= 0.3 is 0 Å². The number of aryl methyl sites for hydroxylation is 2. The summed E-state index contributed by atoms with van der Waals surface area (Å²) < 4.78 is 18.3. The summed E-state index contributed by atoms with van der Waals surface area (Å²) in [6.45, 7) is 1.46. The fourth-order valence-electron chi connectivity index (χ4n) is 4.49. The zero-order valence-electron chi connectivity index (χ0n) is 18.4. The van der Waals surface area contributed by atoms with Crippen molar-refractivity contribution in [2.45, 2.75) is 38.3 Å². The fraction of sp³-hybridized carbons (Fsp3) is 0.400. The number of carbonyl (C=O) groups excluding carboxylic acids is 1. The summed E-state index contributed by atoms with van der Waals surface area (Å²) in [5.74, 6) is 1.51. The Morgan fingerprint density at radius 1 is 1.13 bits per heavy atom. The molecule has 164 valence electrons. The Balaban J connectivity index is 1.43. The molecule has 1 aliphatic rings. The maximum atomic E-state index is 12.8. The van der Waals surface area contributed by atoms with Crippen molar-refractivity contribution < 1.29 is 19.0 Å². The van der Waals surface area contributed by atoms with E-state index in [1.165, 1.54) is 22.0 Å². The summed E-state index contributed by atoms with van der Waals surface area (Å²) in [4.78, 5) is 12.8. The quantitative estimate of drug-likeness (QED) is 0.565. The lowest BCUT2D eigenvalue weighted by molar-refractivity contribution is -0.121. The molecule has 1 N–H and O–H groups in total. The van der Waals surface area contributed by atoms with Crippen LogP contribution in [0.25, 0.3) is 10.9 Å². The minimum atomic E-state index is 0.0188. The summed E-state index contributed by atoms with van der Waals surface area (Å²) in [5.41, 5.74) is 4.71. The number of rotatable bonds is 9. The van der Waals surface area contributed by atoms with Crippen molar-refractivity contribution in [1.82, 2.24) is 9.88 Å². The molecule has 0 spiro atoms. The first-order valence-corrected chi connectivity index (χ1v) is 10.7. The Labute approximate surface area is 183 Å². The molecular formula is C25H30N2O4. The van der Waals surface area contributed by atoms with Crippen LogP contribution in [0.3, 0.4) is 0 Å². The molecule has 0 bridgehead atoms. The molecular weight excluding hydrogens is 392 g/mol. The first-order chi connectivity index (χ1) is 15.1. The van der Waals surface area contributed by atoms with Gasteiger partial charge in [0.2, 0.25) is 5.91 Å². The zero-order valence-corrected chi connectivity index (χ0v) is 18.4. The molecule has 31 heavy (non-hydrogen) atoms. The van der Waals surface area contributed by atoms with Crippen LogP contribution in [0.2, 0.25) is 0 Å². The monoisotopic (exact) mass is 422 g/mol. The number of hydrogen-bond donors (Lipinski definition) is 1. The third kappa shape index (κ3) is 4.39. The van der Waals surface area contributed by atoms with Crippen molar-refractivity contribution in [2.24, 2.45) is 0 Å². The van der Waals surface area contributed by atoms with Crippen LogP contribution in [-0.4, -0.2) is 38.4 Å². The van der Waals surface area contributed by atoms with E-state index in [1.807, 2.05) is 24.3 Å². The van der Waals surface area contributed by atoms with E-state index in [4.69, 9.17) is 14.2 Å². The second kappa shape index (κ2) is 9.43. The molecule has 1 heterocycles. The molecule has 0 aliphatic heterocycles. The van der Waals surface area contributed by atoms with E-state index in [2.05, 4.69) is 28.2 Å². The third-order valence-corrected chi connectivity index (χ3v) is 6.09. The molecule has 1 atom stereocenters. The highest BCUT2D eigenvalue weighted by molar-refractivity contribution is 5.85. The van der Waals surface area contributed by atoms with Gasteiger partial charge in [-0.3, -0.25) is 4.79 Å². The zero-order chi connectivity index (χ0) is 21.8. The molecule has 6 heteroatoms. The SMILES string of the molecule is COCCn1cc(CCC(=O)N[C@H]2CCc3cc(OC)c(OC)cc32)c2ccccc21. The Morgan fingerprint density at radius 2 is 1.90 bits per heavy atom. The number of benzene rings is 2. The van der Waals surface area contributed by atoms with Crippen LogP contribution in [0, 0.1) is 0 Å². The molecule has 0 saturated heterocycles. The highest BCUT2D eigenvalue weighted by Gasteiger charge is 2.26. The van der Waals surface area contributed by atoms with E-state index in [1.54, 1.807) is 21.3 Å². The topological polar surface area (TPSA) is 61.7 Å². The van der Waals surface area contributed by atoms with E-state index < -0.39 is 0 Å². The van der Waals surface area contributed by atoms with Crippen LogP contribution in [-0.2, 0) is 28.9 Å². The predicted molar refractivity (Wildman–Crippen MR) is 121 cm³/mol. The van der Waals surface area contributed by atoms with Crippen molar-refractivity contribution in [1.29, 1.82) is 0 Å². The molecule has 0 unspecified atom stereocenters. The number of nitrogens with zero attached hydrogens (tertiary/aromatic N) is 1. The van der Waals surface area contributed by atoms with Gasteiger partial charge in [0.1, 0.15) is 0 Å². The lowest BCUT2D eigenvalue weighted by atomic mass is 10.1. The van der Waals surface area contributed by atoms with E-state index in [0.717, 1.165) is 30.7 Å². The number of methoxy groups -OCH3 is 3. The van der Waals surface area contributed by atoms with Crippen LogP contribution >= 0.6 is 0 Å². The second-order valence-electron chi connectivity index (χ2n) is 7.92. The molecule has 0 saturated carbocycles. The molecule has 1 aromatic heterocycles. The lowest BCUT2D eigenvalue weighted by Crippen LogP contribution is -2.27. The molecule has 1 aliphatic carbocycles. The summed E-state index contributed by atoms with van der Waals surface area (Å²) in [5, 5.41) is 4.42. The van der Waals surface area contributed by atoms with Gasteiger partial charge in [0.05, 0.1) is 26.9 Å². The number of para-hydroxylation sites is 1. The molecule has 2 aromatic carbocycles. The summed E-state index contributed by atoms with van der Waals surface area (Å²) >= 11 is 0. The van der Waals surface area contributed by atoms with Gasteiger partial charge in [0.25, 0.3) is 0 Å². The van der Waals surface area contributed by atoms with Crippen LogP contribution in [0.4, 0.5) is 0 Å². The third-order valence-electron chi connectivity index (χ3n) is 6.09. The average molecular weight is 423 g/mol. The van der Waals surface area contributed by atoms with E-state index in [9.17, 15) is 4.79 Å². The number of aromatic nitrogens is 1. The lowest BCUT2D eigenvalue weighted by Gasteiger charge is -2.16. The van der Waals surface area contributed by atoms with E-state index in [-0.39, 0.29) is 11.9 Å². The van der Waals surface area contributed by atoms with Gasteiger partial charge in [-0.25, -0.2) is 0 Å². The van der Waals surface area contributed by atoms with Crippen LogP contribution in [0.15, 0.2) is 42.6 Å². The highest BCUT2D eigenvalue weighted by atomic mass is 16.5. The minimum absolute atomic E-state index is 0.0188. The summed E-state index contributed by atoms with van der Waals surface area (Å²) in [6, 6.07) is 12.4. The van der Waals surface area contributed by atoms with Gasteiger partial charge in [0, 0.05) is 37.2 Å². The Morgan fingerprint density at radius 3 is 2.68 bits per heavy atom. The predicted octanol–water partition coefficient (Wildman–Crippen LogP) is 4.04. The van der Waals surface area contributed by atoms with Crippen LogP contribution in [0.5, 0.6) is 11.5 Å². The van der Waals surface area contributed by atoms with Crippen molar-refractivity contribution in [2.75, 3.05) is 27.9 Å². The molecule has 1 amide bonds. The van der Waals surface area contributed by atoms with Crippen molar-refractivity contribution in [3.05, 3.63) is 59.3 Å².